The molecule has 2 aliphatic rings. The summed E-state index contributed by atoms with van der Waals surface area (Å²) in [5.41, 5.74) is -2.13. The molecule has 0 aliphatic carbocycles. The maximum Gasteiger partial charge on any atom is 0.324 e. The second-order valence-corrected chi connectivity index (χ2v) is 6.75. The summed E-state index contributed by atoms with van der Waals surface area (Å²) in [4.78, 5) is 36.3. The van der Waals surface area contributed by atoms with Gasteiger partial charge in [-0.15, -0.1) is 4.91 Å². The van der Waals surface area contributed by atoms with Crippen molar-refractivity contribution in [2.24, 2.45) is 5.29 Å². The molecular weight excluding hydrogens is 248 g/mol. The average molecular weight is 268 g/mol. The highest BCUT2D eigenvalue weighted by Gasteiger charge is 2.61. The van der Waals surface area contributed by atoms with E-state index in [4.69, 9.17) is 0 Å². The zero-order valence-electron chi connectivity index (χ0n) is 12.0. The van der Waals surface area contributed by atoms with Crippen molar-refractivity contribution in [3.8, 4) is 0 Å². The lowest BCUT2D eigenvalue weighted by molar-refractivity contribution is -0.140. The molecule has 7 nitrogen and oxygen atoms in total. The van der Waals surface area contributed by atoms with Crippen molar-refractivity contribution in [2.75, 3.05) is 7.05 Å². The molecule has 3 amide bonds. The first kappa shape index (κ1) is 13.8. The van der Waals surface area contributed by atoms with E-state index >= 15 is 0 Å². The number of piperidine rings is 1. The monoisotopic (exact) mass is 268 g/mol. The van der Waals surface area contributed by atoms with Gasteiger partial charge in [-0.05, 0) is 27.7 Å². The van der Waals surface area contributed by atoms with E-state index in [9.17, 15) is 14.5 Å². The molecule has 0 aromatic rings. The fourth-order valence-corrected chi connectivity index (χ4v) is 3.72. The Bertz CT molecular complexity index is 440. The minimum absolute atomic E-state index is 0.232. The third-order valence-corrected chi connectivity index (χ3v) is 4.06. The highest BCUT2D eigenvalue weighted by molar-refractivity contribution is 6.07. The van der Waals surface area contributed by atoms with Gasteiger partial charge in [-0.25, -0.2) is 9.80 Å². The van der Waals surface area contributed by atoms with Crippen LogP contribution < -0.4 is 5.32 Å². The summed E-state index contributed by atoms with van der Waals surface area (Å²) in [5.74, 6) is -0.232. The molecule has 0 radical (unpaired) electrons. The lowest BCUT2D eigenvalue weighted by atomic mass is 9.70. The molecule has 0 atom stereocenters. The van der Waals surface area contributed by atoms with Gasteiger partial charge in [0.25, 0.3) is 5.91 Å². The Labute approximate surface area is 112 Å². The van der Waals surface area contributed by atoms with Crippen LogP contribution in [-0.2, 0) is 4.79 Å². The number of hydrogen-bond acceptors (Lipinski definition) is 4. The summed E-state index contributed by atoms with van der Waals surface area (Å²) < 4.78 is 0. The molecular formula is C12H20N4O3. The standard InChI is InChI=1S/C12H20N4O3/c1-10(2)6-12(7-11(3,4)16(10)14-19)8(17)15(5)9(18)13-12/h6-7H2,1-5H3,(H,13,18). The number of rotatable bonds is 1. The Morgan fingerprint density at radius 3 is 1.89 bits per heavy atom. The molecule has 0 saturated carbocycles. The normalized spacial score (nSPS) is 27.6. The van der Waals surface area contributed by atoms with E-state index in [2.05, 4.69) is 10.6 Å². The van der Waals surface area contributed by atoms with Gasteiger partial charge in [0.2, 0.25) is 0 Å². The van der Waals surface area contributed by atoms with Crippen LogP contribution in [-0.4, -0.2) is 45.5 Å². The van der Waals surface area contributed by atoms with E-state index < -0.39 is 16.6 Å². The largest absolute Gasteiger partial charge is 0.324 e. The molecule has 1 spiro atoms. The van der Waals surface area contributed by atoms with E-state index in [1.54, 1.807) is 0 Å². The van der Waals surface area contributed by atoms with Gasteiger partial charge in [-0.1, -0.05) is 0 Å². The summed E-state index contributed by atoms with van der Waals surface area (Å²) in [6.45, 7) is 7.42. The molecule has 0 bridgehead atoms. The Morgan fingerprint density at radius 2 is 1.58 bits per heavy atom. The van der Waals surface area contributed by atoms with Crippen LogP contribution in [0, 0.1) is 4.91 Å². The first-order valence-corrected chi connectivity index (χ1v) is 6.30. The highest BCUT2D eigenvalue weighted by Crippen LogP contribution is 2.45. The number of urea groups is 1. The zero-order chi connectivity index (χ0) is 14.6. The predicted molar refractivity (Wildman–Crippen MR) is 69.1 cm³/mol. The number of likely N-dealkylation sites (N-methyl/N-ethyl adjacent to an activating group) is 1. The Morgan fingerprint density at radius 1 is 1.11 bits per heavy atom. The molecule has 0 aromatic heterocycles. The number of nitrogens with one attached hydrogen (secondary N) is 1. The Balaban J connectivity index is 2.45. The van der Waals surface area contributed by atoms with Crippen LogP contribution in [0.2, 0.25) is 0 Å². The first-order valence-electron chi connectivity index (χ1n) is 6.30. The summed E-state index contributed by atoms with van der Waals surface area (Å²) in [6.07, 6.45) is 0.730. The smallest absolute Gasteiger partial charge is 0.323 e. The molecule has 7 heteroatoms. The first-order chi connectivity index (χ1) is 8.56. The molecule has 106 valence electrons. The van der Waals surface area contributed by atoms with Crippen molar-refractivity contribution < 1.29 is 9.59 Å². The van der Waals surface area contributed by atoms with Gasteiger partial charge in [0.1, 0.15) is 5.54 Å². The number of amides is 3. The fourth-order valence-electron chi connectivity index (χ4n) is 3.72. The number of imide groups is 1. The fraction of sp³-hybridized carbons (Fsp3) is 0.833. The lowest BCUT2D eigenvalue weighted by Gasteiger charge is -2.54. The van der Waals surface area contributed by atoms with Gasteiger partial charge in [0.15, 0.2) is 0 Å². The second-order valence-electron chi connectivity index (χ2n) is 6.75. The third kappa shape index (κ3) is 1.79. The number of nitroso groups, excluding NO2 is 1. The molecule has 2 heterocycles. The van der Waals surface area contributed by atoms with Gasteiger partial charge in [0, 0.05) is 19.9 Å². The minimum atomic E-state index is -0.931. The van der Waals surface area contributed by atoms with Crippen LogP contribution in [0.3, 0.4) is 0 Å². The van der Waals surface area contributed by atoms with Crippen molar-refractivity contribution in [2.45, 2.75) is 57.2 Å². The third-order valence-electron chi connectivity index (χ3n) is 4.06. The lowest BCUT2D eigenvalue weighted by Crippen LogP contribution is -2.68. The summed E-state index contributed by atoms with van der Waals surface area (Å²) in [7, 11) is 1.47. The zero-order valence-corrected chi connectivity index (χ0v) is 12.0. The van der Waals surface area contributed by atoms with Gasteiger partial charge in [0.05, 0.1) is 16.4 Å². The van der Waals surface area contributed by atoms with Crippen molar-refractivity contribution in [3.63, 3.8) is 0 Å². The van der Waals surface area contributed by atoms with Gasteiger partial charge in [-0.2, -0.15) is 0 Å². The summed E-state index contributed by atoms with van der Waals surface area (Å²) in [6, 6.07) is -0.385. The number of hydrogen-bond donors (Lipinski definition) is 1. The predicted octanol–water partition coefficient (Wildman–Crippen LogP) is 1.24. The van der Waals surface area contributed by atoms with Crippen molar-refractivity contribution >= 4 is 11.9 Å². The number of carbonyl (C=O) groups excluding carboxylic acids is 2. The minimum Gasteiger partial charge on any atom is -0.323 e. The Hall–Kier alpha value is -1.66. The van der Waals surface area contributed by atoms with Crippen molar-refractivity contribution in [3.05, 3.63) is 4.91 Å². The van der Waals surface area contributed by atoms with Gasteiger partial charge >= 0.3 is 6.03 Å². The van der Waals surface area contributed by atoms with E-state index in [-0.39, 0.29) is 11.9 Å². The van der Waals surface area contributed by atoms with Crippen LogP contribution in [0.1, 0.15) is 40.5 Å². The number of carbonyl (C=O) groups is 2. The van der Waals surface area contributed by atoms with Crippen LogP contribution in [0.4, 0.5) is 4.79 Å². The molecule has 2 aliphatic heterocycles. The van der Waals surface area contributed by atoms with E-state index in [0.29, 0.717) is 12.8 Å². The topological polar surface area (TPSA) is 82.1 Å². The summed E-state index contributed by atoms with van der Waals surface area (Å²) >= 11 is 0. The SMILES string of the molecule is CN1C(=O)NC2(CC(C)(C)N(N=O)C(C)(C)C2)C1=O. The number of nitrogens with zero attached hydrogens (tertiary/aromatic N) is 3. The quantitative estimate of drug-likeness (QED) is 0.573. The average Bonchev–Trinajstić information content (AvgIpc) is 2.40. The highest BCUT2D eigenvalue weighted by atomic mass is 16.3. The van der Waals surface area contributed by atoms with E-state index in [1.165, 1.54) is 12.1 Å². The van der Waals surface area contributed by atoms with Gasteiger partial charge in [-0.3, -0.25) is 9.69 Å². The molecule has 0 unspecified atom stereocenters. The van der Waals surface area contributed by atoms with Crippen LogP contribution in [0.15, 0.2) is 5.29 Å². The molecule has 0 aromatic carbocycles. The van der Waals surface area contributed by atoms with Gasteiger partial charge < -0.3 is 5.32 Å². The molecule has 2 saturated heterocycles. The summed E-state index contributed by atoms with van der Waals surface area (Å²) in [5, 5.41) is 7.40. The second kappa shape index (κ2) is 3.68. The molecule has 19 heavy (non-hydrogen) atoms. The molecule has 1 N–H and O–H groups in total. The Kier molecular flexibility index (Phi) is 2.66. The van der Waals surface area contributed by atoms with E-state index in [0.717, 1.165) is 4.90 Å². The molecule has 2 fully saturated rings. The molecule has 2 rings (SSSR count). The van der Waals surface area contributed by atoms with Crippen molar-refractivity contribution in [1.29, 1.82) is 0 Å². The maximum atomic E-state index is 12.4. The van der Waals surface area contributed by atoms with E-state index in [1.807, 2.05) is 27.7 Å². The van der Waals surface area contributed by atoms with Crippen LogP contribution in [0.25, 0.3) is 0 Å². The maximum absolute atomic E-state index is 12.4. The van der Waals surface area contributed by atoms with Crippen molar-refractivity contribution in [1.82, 2.24) is 15.2 Å². The van der Waals surface area contributed by atoms with Crippen LogP contribution >= 0.6 is 0 Å². The van der Waals surface area contributed by atoms with Crippen LogP contribution in [0.5, 0.6) is 0 Å².